The second-order valence-electron chi connectivity index (χ2n) is 6.49. The highest BCUT2D eigenvalue weighted by molar-refractivity contribution is 5.79. The summed E-state index contributed by atoms with van der Waals surface area (Å²) in [5, 5.41) is 16.9. The van der Waals surface area contributed by atoms with Crippen molar-refractivity contribution in [2.45, 2.75) is 45.6 Å². The zero-order valence-corrected chi connectivity index (χ0v) is 16.1. The van der Waals surface area contributed by atoms with E-state index >= 15 is 0 Å². The van der Waals surface area contributed by atoms with Crippen molar-refractivity contribution >= 4 is 5.96 Å². The molecule has 1 aromatic rings. The molecule has 0 saturated heterocycles. The van der Waals surface area contributed by atoms with Gasteiger partial charge in [0.2, 0.25) is 0 Å². The topological polar surface area (TPSA) is 75.1 Å². The minimum atomic E-state index is 0.358. The Bertz CT molecular complexity index is 576. The Morgan fingerprint density at radius 1 is 1.15 bits per heavy atom. The lowest BCUT2D eigenvalue weighted by molar-refractivity contribution is 0.0698. The summed E-state index contributed by atoms with van der Waals surface area (Å²) in [5.41, 5.74) is 3.63. The Kier molecular flexibility index (Phi) is 9.28. The molecule has 1 aromatic carbocycles. The quantitative estimate of drug-likeness (QED) is 0.338. The molecule has 26 heavy (non-hydrogen) atoms. The van der Waals surface area contributed by atoms with Gasteiger partial charge in [-0.15, -0.1) is 0 Å². The van der Waals surface area contributed by atoms with Crippen LogP contribution in [0.3, 0.4) is 0 Å². The standard InChI is InChI=1S/C20H33N3O3/c1-3-21-20(22-11-6-12-26-14-13-25-2)23-15-18-17-8-5-4-7-16(17)9-10-19(18)24/h9-10,24H,3-8,11-15H2,1-2H3,(H2,21,22,23). The molecule has 0 aliphatic heterocycles. The summed E-state index contributed by atoms with van der Waals surface area (Å²) in [6.07, 6.45) is 5.47. The number of fused-ring (bicyclic) bond motifs is 1. The third-order valence-electron chi connectivity index (χ3n) is 4.56. The van der Waals surface area contributed by atoms with Crippen molar-refractivity contribution in [2.24, 2.45) is 4.99 Å². The molecule has 0 atom stereocenters. The van der Waals surface area contributed by atoms with Crippen LogP contribution >= 0.6 is 0 Å². The molecule has 3 N–H and O–H groups in total. The van der Waals surface area contributed by atoms with E-state index in [1.165, 1.54) is 24.0 Å². The molecular weight excluding hydrogens is 330 g/mol. The summed E-state index contributed by atoms with van der Waals surface area (Å²) < 4.78 is 10.4. The van der Waals surface area contributed by atoms with Gasteiger partial charge >= 0.3 is 0 Å². The van der Waals surface area contributed by atoms with Crippen molar-refractivity contribution in [1.82, 2.24) is 10.6 Å². The minimum Gasteiger partial charge on any atom is -0.508 e. The number of ether oxygens (including phenoxy) is 2. The lowest BCUT2D eigenvalue weighted by atomic mass is 9.88. The number of aromatic hydroxyl groups is 1. The van der Waals surface area contributed by atoms with Crippen LogP contribution in [0.2, 0.25) is 0 Å². The molecular formula is C20H33N3O3. The fraction of sp³-hybridized carbons (Fsp3) is 0.650. The van der Waals surface area contributed by atoms with Crippen molar-refractivity contribution < 1.29 is 14.6 Å². The van der Waals surface area contributed by atoms with Crippen LogP contribution in [0.1, 0.15) is 42.9 Å². The van der Waals surface area contributed by atoms with E-state index in [1.807, 2.05) is 13.0 Å². The monoisotopic (exact) mass is 363 g/mol. The molecule has 0 radical (unpaired) electrons. The van der Waals surface area contributed by atoms with Gasteiger partial charge in [-0.1, -0.05) is 6.07 Å². The second-order valence-corrected chi connectivity index (χ2v) is 6.49. The fourth-order valence-electron chi connectivity index (χ4n) is 3.19. The number of phenolic OH excluding ortho intramolecular Hbond substituents is 1. The summed E-state index contributed by atoms with van der Waals surface area (Å²) in [5.74, 6) is 1.13. The maximum absolute atomic E-state index is 10.3. The lowest BCUT2D eigenvalue weighted by Crippen LogP contribution is -2.38. The van der Waals surface area contributed by atoms with Crippen LogP contribution in [0.25, 0.3) is 0 Å². The molecule has 1 aliphatic carbocycles. The number of rotatable bonds is 10. The molecule has 0 unspecified atom stereocenters. The predicted molar refractivity (Wildman–Crippen MR) is 105 cm³/mol. The van der Waals surface area contributed by atoms with E-state index in [0.717, 1.165) is 43.9 Å². The first-order valence-corrected chi connectivity index (χ1v) is 9.67. The van der Waals surface area contributed by atoms with E-state index in [1.54, 1.807) is 7.11 Å². The van der Waals surface area contributed by atoms with Gasteiger partial charge in [-0.2, -0.15) is 0 Å². The number of nitrogens with zero attached hydrogens (tertiary/aromatic N) is 1. The number of aryl methyl sites for hydroxylation is 1. The molecule has 0 aromatic heterocycles. The molecule has 6 nitrogen and oxygen atoms in total. The summed E-state index contributed by atoms with van der Waals surface area (Å²) >= 11 is 0. The molecule has 0 saturated carbocycles. The number of hydrogen-bond donors (Lipinski definition) is 3. The lowest BCUT2D eigenvalue weighted by Gasteiger charge is -2.20. The molecule has 0 heterocycles. The maximum atomic E-state index is 10.3. The molecule has 1 aliphatic rings. The van der Waals surface area contributed by atoms with Gasteiger partial charge in [0.1, 0.15) is 5.75 Å². The second kappa shape index (κ2) is 11.8. The highest BCUT2D eigenvalue weighted by Crippen LogP contribution is 2.30. The number of hydrogen-bond acceptors (Lipinski definition) is 4. The molecule has 0 fully saturated rings. The third kappa shape index (κ3) is 6.50. The van der Waals surface area contributed by atoms with Gasteiger partial charge in [0.15, 0.2) is 5.96 Å². The van der Waals surface area contributed by atoms with Crippen molar-refractivity contribution in [3.63, 3.8) is 0 Å². The third-order valence-corrected chi connectivity index (χ3v) is 4.56. The first-order valence-electron chi connectivity index (χ1n) is 9.67. The van der Waals surface area contributed by atoms with Gasteiger partial charge in [0.25, 0.3) is 0 Å². The Morgan fingerprint density at radius 2 is 2.00 bits per heavy atom. The summed E-state index contributed by atoms with van der Waals surface area (Å²) in [4.78, 5) is 4.67. The Labute approximate surface area is 157 Å². The zero-order chi connectivity index (χ0) is 18.6. The SMILES string of the molecule is CCNC(=NCc1c(O)ccc2c1CCCC2)NCCCOCCOC. The van der Waals surface area contributed by atoms with Crippen LogP contribution < -0.4 is 10.6 Å². The van der Waals surface area contributed by atoms with Crippen LogP contribution in [0.5, 0.6) is 5.75 Å². The summed E-state index contributed by atoms with van der Waals surface area (Å²) in [6, 6.07) is 3.87. The van der Waals surface area contributed by atoms with Gasteiger partial charge < -0.3 is 25.2 Å². The Balaban J connectivity index is 1.88. The molecule has 0 spiro atoms. The molecule has 6 heteroatoms. The van der Waals surface area contributed by atoms with E-state index in [-0.39, 0.29) is 0 Å². The van der Waals surface area contributed by atoms with Gasteiger partial charge in [-0.3, -0.25) is 0 Å². The van der Waals surface area contributed by atoms with Crippen molar-refractivity contribution in [3.05, 3.63) is 28.8 Å². The number of benzene rings is 1. The average molecular weight is 364 g/mol. The highest BCUT2D eigenvalue weighted by Gasteiger charge is 2.16. The van der Waals surface area contributed by atoms with Crippen LogP contribution in [0.15, 0.2) is 17.1 Å². The number of aliphatic imine (C=N–C) groups is 1. The van der Waals surface area contributed by atoms with E-state index in [0.29, 0.717) is 32.1 Å². The number of methoxy groups -OCH3 is 1. The van der Waals surface area contributed by atoms with E-state index in [4.69, 9.17) is 9.47 Å². The molecule has 0 amide bonds. The van der Waals surface area contributed by atoms with Crippen molar-refractivity contribution in [2.75, 3.05) is 40.0 Å². The molecule has 0 bridgehead atoms. The molecule has 2 rings (SSSR count). The first kappa shape index (κ1) is 20.5. The smallest absolute Gasteiger partial charge is 0.191 e. The number of phenols is 1. The zero-order valence-electron chi connectivity index (χ0n) is 16.1. The fourth-order valence-corrected chi connectivity index (χ4v) is 3.19. The van der Waals surface area contributed by atoms with Crippen LogP contribution in [0.4, 0.5) is 0 Å². The van der Waals surface area contributed by atoms with Crippen LogP contribution in [0, 0.1) is 0 Å². The minimum absolute atomic E-state index is 0.358. The van der Waals surface area contributed by atoms with Crippen molar-refractivity contribution in [1.29, 1.82) is 0 Å². The van der Waals surface area contributed by atoms with Gasteiger partial charge in [0, 0.05) is 32.4 Å². The van der Waals surface area contributed by atoms with Crippen LogP contribution in [-0.2, 0) is 28.9 Å². The summed E-state index contributed by atoms with van der Waals surface area (Å²) in [7, 11) is 1.67. The predicted octanol–water partition coefficient (Wildman–Crippen LogP) is 2.38. The van der Waals surface area contributed by atoms with E-state index in [9.17, 15) is 5.11 Å². The average Bonchev–Trinajstić information content (AvgIpc) is 2.66. The van der Waals surface area contributed by atoms with Crippen LogP contribution in [-0.4, -0.2) is 51.1 Å². The molecule has 146 valence electrons. The van der Waals surface area contributed by atoms with Crippen molar-refractivity contribution in [3.8, 4) is 5.75 Å². The Hall–Kier alpha value is -1.79. The largest absolute Gasteiger partial charge is 0.508 e. The normalized spacial score (nSPS) is 14.2. The van der Waals surface area contributed by atoms with Gasteiger partial charge in [-0.25, -0.2) is 4.99 Å². The van der Waals surface area contributed by atoms with E-state index < -0.39 is 0 Å². The maximum Gasteiger partial charge on any atom is 0.191 e. The Morgan fingerprint density at radius 3 is 2.81 bits per heavy atom. The van der Waals surface area contributed by atoms with Gasteiger partial charge in [0.05, 0.1) is 19.8 Å². The first-order chi connectivity index (χ1) is 12.8. The number of nitrogens with one attached hydrogen (secondary N) is 2. The van der Waals surface area contributed by atoms with Gasteiger partial charge in [-0.05, 0) is 56.2 Å². The number of guanidine groups is 1. The summed E-state index contributed by atoms with van der Waals surface area (Å²) in [6.45, 7) is 6.09. The highest BCUT2D eigenvalue weighted by atomic mass is 16.5. The van der Waals surface area contributed by atoms with E-state index in [2.05, 4.69) is 21.7 Å².